The van der Waals surface area contributed by atoms with Crippen molar-refractivity contribution < 1.29 is 9.53 Å². The van der Waals surface area contributed by atoms with Crippen LogP contribution in [0.2, 0.25) is 19.6 Å². The third-order valence-electron chi connectivity index (χ3n) is 3.09. The maximum Gasteiger partial charge on any atom is 0.259 e. The molecule has 0 radical (unpaired) electrons. The number of hydrogen-bond donors (Lipinski definition) is 2. The SMILES string of the molecule is COc1ccc(N)c(C(=O)Nc2ccc(C#C[Si](C)(C)C)cn2)c1. The van der Waals surface area contributed by atoms with E-state index in [0.717, 1.165) is 5.56 Å². The number of nitrogen functional groups attached to an aromatic ring is 1. The van der Waals surface area contributed by atoms with Crippen LogP contribution in [0.4, 0.5) is 11.5 Å². The van der Waals surface area contributed by atoms with Crippen molar-refractivity contribution in [3.63, 3.8) is 0 Å². The van der Waals surface area contributed by atoms with Gasteiger partial charge in [0.1, 0.15) is 19.6 Å². The van der Waals surface area contributed by atoms with Crippen molar-refractivity contribution in [1.29, 1.82) is 0 Å². The van der Waals surface area contributed by atoms with E-state index >= 15 is 0 Å². The summed E-state index contributed by atoms with van der Waals surface area (Å²) in [7, 11) is 0.113. The molecular weight excluding hydrogens is 318 g/mol. The Balaban J connectivity index is 2.14. The van der Waals surface area contributed by atoms with Crippen LogP contribution < -0.4 is 15.8 Å². The van der Waals surface area contributed by atoms with Gasteiger partial charge in [-0.05, 0) is 30.3 Å². The van der Waals surface area contributed by atoms with Gasteiger partial charge < -0.3 is 15.8 Å². The van der Waals surface area contributed by atoms with Crippen molar-refractivity contribution >= 4 is 25.5 Å². The smallest absolute Gasteiger partial charge is 0.259 e. The van der Waals surface area contributed by atoms with Gasteiger partial charge in [-0.2, -0.15) is 0 Å². The third kappa shape index (κ3) is 4.86. The van der Waals surface area contributed by atoms with E-state index in [0.29, 0.717) is 22.8 Å². The highest BCUT2D eigenvalue weighted by Crippen LogP contribution is 2.20. The predicted octanol–water partition coefficient (Wildman–Crippen LogP) is 3.15. The van der Waals surface area contributed by atoms with E-state index in [1.165, 1.54) is 7.11 Å². The van der Waals surface area contributed by atoms with Crippen LogP contribution in [0, 0.1) is 11.5 Å². The first-order valence-electron chi connectivity index (χ1n) is 7.52. The summed E-state index contributed by atoms with van der Waals surface area (Å²) in [6.07, 6.45) is 1.65. The molecule has 0 fully saturated rings. The molecule has 0 aliphatic rings. The Hall–Kier alpha value is -2.78. The maximum atomic E-state index is 12.3. The fraction of sp³-hybridized carbons (Fsp3) is 0.222. The number of nitrogens with two attached hydrogens (primary N) is 1. The van der Waals surface area contributed by atoms with E-state index in [1.807, 2.05) is 6.07 Å². The van der Waals surface area contributed by atoms with Gasteiger partial charge in [-0.1, -0.05) is 25.6 Å². The van der Waals surface area contributed by atoms with Crippen LogP contribution in [0.15, 0.2) is 36.5 Å². The highest BCUT2D eigenvalue weighted by Gasteiger charge is 2.12. The van der Waals surface area contributed by atoms with E-state index in [-0.39, 0.29) is 5.91 Å². The van der Waals surface area contributed by atoms with Gasteiger partial charge in [0, 0.05) is 17.4 Å². The normalized spacial score (nSPS) is 10.5. The predicted molar refractivity (Wildman–Crippen MR) is 99.8 cm³/mol. The van der Waals surface area contributed by atoms with Crippen LogP contribution >= 0.6 is 0 Å². The first-order valence-corrected chi connectivity index (χ1v) is 11.0. The van der Waals surface area contributed by atoms with Gasteiger partial charge >= 0.3 is 0 Å². The lowest BCUT2D eigenvalue weighted by Crippen LogP contribution is -2.16. The van der Waals surface area contributed by atoms with Crippen LogP contribution in [0.25, 0.3) is 0 Å². The van der Waals surface area contributed by atoms with Crippen LogP contribution in [0.3, 0.4) is 0 Å². The van der Waals surface area contributed by atoms with E-state index in [1.54, 1.807) is 30.5 Å². The number of amides is 1. The fourth-order valence-electron chi connectivity index (χ4n) is 1.84. The van der Waals surface area contributed by atoms with Crippen molar-refractivity contribution in [2.24, 2.45) is 0 Å². The number of rotatable bonds is 3. The lowest BCUT2D eigenvalue weighted by atomic mass is 10.1. The van der Waals surface area contributed by atoms with Crippen molar-refractivity contribution in [3.05, 3.63) is 47.7 Å². The Labute approximate surface area is 143 Å². The molecule has 6 heteroatoms. The lowest BCUT2D eigenvalue weighted by Gasteiger charge is -2.09. The third-order valence-corrected chi connectivity index (χ3v) is 3.97. The Kier molecular flexibility index (Phi) is 5.27. The number of nitrogens with zero attached hydrogens (tertiary/aromatic N) is 1. The number of benzene rings is 1. The summed E-state index contributed by atoms with van der Waals surface area (Å²) >= 11 is 0. The molecule has 0 saturated carbocycles. The number of carbonyl (C=O) groups excluding carboxylic acids is 1. The molecule has 1 aromatic heterocycles. The maximum absolute atomic E-state index is 12.3. The highest BCUT2D eigenvalue weighted by molar-refractivity contribution is 6.83. The number of methoxy groups -OCH3 is 1. The van der Waals surface area contributed by atoms with Crippen LogP contribution in [0.1, 0.15) is 15.9 Å². The molecule has 2 aromatic rings. The van der Waals surface area contributed by atoms with Gasteiger partial charge in [-0.15, -0.1) is 5.54 Å². The molecular formula is C18H21N3O2Si. The molecule has 5 nitrogen and oxygen atoms in total. The highest BCUT2D eigenvalue weighted by atomic mass is 28.3. The second-order valence-corrected chi connectivity index (χ2v) is 11.1. The summed E-state index contributed by atoms with van der Waals surface area (Å²) in [5.41, 5.74) is 10.7. The van der Waals surface area contributed by atoms with Crippen molar-refractivity contribution in [2.75, 3.05) is 18.2 Å². The molecule has 0 spiro atoms. The summed E-state index contributed by atoms with van der Waals surface area (Å²) in [5.74, 6) is 3.80. The first kappa shape index (κ1) is 17.6. The number of carbonyl (C=O) groups is 1. The number of pyridine rings is 1. The molecule has 3 N–H and O–H groups in total. The lowest BCUT2D eigenvalue weighted by molar-refractivity contribution is 0.102. The molecule has 0 atom stereocenters. The van der Waals surface area contributed by atoms with Crippen LogP contribution in [0.5, 0.6) is 5.75 Å². The average Bonchev–Trinajstić information content (AvgIpc) is 2.54. The fourth-order valence-corrected chi connectivity index (χ4v) is 2.36. The zero-order valence-corrected chi connectivity index (χ0v) is 15.3. The molecule has 1 heterocycles. The van der Waals surface area contributed by atoms with Gasteiger partial charge in [0.25, 0.3) is 5.91 Å². The molecule has 0 saturated heterocycles. The number of anilines is 2. The summed E-state index contributed by atoms with van der Waals surface area (Å²) in [6, 6.07) is 8.50. The van der Waals surface area contributed by atoms with E-state index in [9.17, 15) is 4.79 Å². The number of aromatic nitrogens is 1. The first-order chi connectivity index (χ1) is 11.3. The van der Waals surface area contributed by atoms with Gasteiger partial charge in [0.2, 0.25) is 0 Å². The zero-order chi connectivity index (χ0) is 17.7. The number of ether oxygens (including phenoxy) is 1. The van der Waals surface area contributed by atoms with Gasteiger partial charge in [-0.25, -0.2) is 4.98 Å². The second-order valence-electron chi connectivity index (χ2n) is 6.34. The van der Waals surface area contributed by atoms with Gasteiger partial charge in [0.05, 0.1) is 12.7 Å². The van der Waals surface area contributed by atoms with Crippen molar-refractivity contribution in [3.8, 4) is 17.2 Å². The summed E-state index contributed by atoms with van der Waals surface area (Å²) in [4.78, 5) is 16.6. The molecule has 1 aromatic carbocycles. The largest absolute Gasteiger partial charge is 0.497 e. The Morgan fingerprint density at radius 1 is 1.25 bits per heavy atom. The number of hydrogen-bond acceptors (Lipinski definition) is 4. The minimum Gasteiger partial charge on any atom is -0.497 e. The van der Waals surface area contributed by atoms with Crippen molar-refractivity contribution in [1.82, 2.24) is 4.98 Å². The molecule has 24 heavy (non-hydrogen) atoms. The molecule has 0 aliphatic carbocycles. The zero-order valence-electron chi connectivity index (χ0n) is 14.3. The molecule has 124 valence electrons. The molecule has 0 bridgehead atoms. The summed E-state index contributed by atoms with van der Waals surface area (Å²) in [5, 5.41) is 2.72. The van der Waals surface area contributed by atoms with Gasteiger partial charge in [-0.3, -0.25) is 4.79 Å². The standard InChI is InChI=1S/C18H21N3O2Si/c1-23-14-6-7-16(19)15(11-14)18(22)21-17-8-5-13(12-20-17)9-10-24(2,3)4/h5-8,11-12H,19H2,1-4H3,(H,20,21,22). The van der Waals surface area contributed by atoms with Crippen molar-refractivity contribution in [2.45, 2.75) is 19.6 Å². The minimum atomic E-state index is -1.42. The Morgan fingerprint density at radius 2 is 2.00 bits per heavy atom. The number of nitrogens with one attached hydrogen (secondary N) is 1. The van der Waals surface area contributed by atoms with Crippen LogP contribution in [-0.2, 0) is 0 Å². The van der Waals surface area contributed by atoms with E-state index < -0.39 is 8.07 Å². The molecule has 0 unspecified atom stereocenters. The average molecular weight is 339 g/mol. The second kappa shape index (κ2) is 7.19. The molecule has 1 amide bonds. The molecule has 0 aliphatic heterocycles. The van der Waals surface area contributed by atoms with E-state index in [2.05, 4.69) is 41.4 Å². The summed E-state index contributed by atoms with van der Waals surface area (Å²) in [6.45, 7) is 6.54. The minimum absolute atomic E-state index is 0.333. The Bertz CT molecular complexity index is 800. The summed E-state index contributed by atoms with van der Waals surface area (Å²) < 4.78 is 5.12. The van der Waals surface area contributed by atoms with Gasteiger partial charge in [0.15, 0.2) is 0 Å². The van der Waals surface area contributed by atoms with Crippen LogP contribution in [-0.4, -0.2) is 26.1 Å². The van der Waals surface area contributed by atoms with E-state index in [4.69, 9.17) is 10.5 Å². The monoisotopic (exact) mass is 339 g/mol. The molecule has 2 rings (SSSR count). The quantitative estimate of drug-likeness (QED) is 0.511. The topological polar surface area (TPSA) is 77.2 Å². The Morgan fingerprint density at radius 3 is 2.58 bits per heavy atom.